The second kappa shape index (κ2) is 7.06. The number of nitrogens with zero attached hydrogens (tertiary/aromatic N) is 3. The van der Waals surface area contributed by atoms with Crippen LogP contribution < -0.4 is 5.32 Å². The summed E-state index contributed by atoms with van der Waals surface area (Å²) in [5.41, 5.74) is 3.09. The van der Waals surface area contributed by atoms with Crippen LogP contribution in [0.25, 0.3) is 21.7 Å². The Kier molecular flexibility index (Phi) is 4.75. The third-order valence-corrected chi connectivity index (χ3v) is 7.32. The van der Waals surface area contributed by atoms with Crippen molar-refractivity contribution in [2.24, 2.45) is 0 Å². The Labute approximate surface area is 168 Å². The zero-order valence-corrected chi connectivity index (χ0v) is 17.6. The predicted molar refractivity (Wildman–Crippen MR) is 111 cm³/mol. The van der Waals surface area contributed by atoms with Gasteiger partial charge in [0.2, 0.25) is 0 Å². The number of thiophene rings is 1. The molecule has 0 atom stereocenters. The highest BCUT2D eigenvalue weighted by atomic mass is 32.2. The van der Waals surface area contributed by atoms with Crippen molar-refractivity contribution in [2.45, 2.75) is 25.0 Å². The highest BCUT2D eigenvalue weighted by Gasteiger charge is 2.21. The Morgan fingerprint density at radius 1 is 1.15 bits per heavy atom. The maximum Gasteiger partial charge on any atom is 0.259 e. The van der Waals surface area contributed by atoms with Crippen LogP contribution in [0.5, 0.6) is 0 Å². The Balaban J connectivity index is 1.78. The number of rotatable bonds is 4. The Morgan fingerprint density at radius 2 is 1.96 bits per heavy atom. The van der Waals surface area contributed by atoms with Gasteiger partial charge in [-0.15, -0.1) is 23.1 Å². The van der Waals surface area contributed by atoms with Gasteiger partial charge in [-0.25, -0.2) is 9.97 Å². The minimum absolute atomic E-state index is 0.246. The number of hydrogen-bond donors (Lipinski definition) is 1. The summed E-state index contributed by atoms with van der Waals surface area (Å²) in [5.74, 6) is -0.246. The van der Waals surface area contributed by atoms with E-state index < -0.39 is 0 Å². The summed E-state index contributed by atoms with van der Waals surface area (Å²) in [5, 5.41) is 8.10. The molecule has 0 radical (unpaired) electrons. The van der Waals surface area contributed by atoms with Crippen LogP contribution >= 0.6 is 34.4 Å². The zero-order valence-electron chi connectivity index (χ0n) is 15.1. The summed E-state index contributed by atoms with van der Waals surface area (Å²) in [6.45, 7) is 5.77. The molecule has 4 aromatic rings. The van der Waals surface area contributed by atoms with Gasteiger partial charge in [0, 0.05) is 4.88 Å². The molecule has 4 rings (SSSR count). The summed E-state index contributed by atoms with van der Waals surface area (Å²) in [6, 6.07) is 5.82. The van der Waals surface area contributed by atoms with Crippen LogP contribution in [0.2, 0.25) is 0 Å². The van der Waals surface area contributed by atoms with Crippen LogP contribution in [-0.2, 0) is 0 Å². The summed E-state index contributed by atoms with van der Waals surface area (Å²) in [7, 11) is 0. The standard InChI is InChI=1S/C18H16N4O2S3/c1-8-5-6-13(26-8)12-7-11(14-9(2)22-24-16(14)20-12)15(23)21-18-19-10(3)17(25-4)27-18/h5-7H,1-4H3,(H,19,21,23). The van der Waals surface area contributed by atoms with Crippen molar-refractivity contribution in [3.63, 3.8) is 0 Å². The topological polar surface area (TPSA) is 80.9 Å². The lowest BCUT2D eigenvalue weighted by atomic mass is 10.1. The van der Waals surface area contributed by atoms with Gasteiger partial charge in [-0.2, -0.15) is 0 Å². The molecule has 4 aromatic heterocycles. The molecule has 0 spiro atoms. The first-order valence-electron chi connectivity index (χ1n) is 8.13. The molecular formula is C18H16N4O2S3. The van der Waals surface area contributed by atoms with Crippen molar-refractivity contribution in [3.8, 4) is 10.6 Å². The maximum atomic E-state index is 13.0. The Morgan fingerprint density at radius 3 is 2.63 bits per heavy atom. The molecular weight excluding hydrogens is 400 g/mol. The van der Waals surface area contributed by atoms with Crippen molar-refractivity contribution in [1.29, 1.82) is 0 Å². The average molecular weight is 417 g/mol. The van der Waals surface area contributed by atoms with Crippen molar-refractivity contribution in [1.82, 2.24) is 15.1 Å². The molecule has 0 saturated heterocycles. The van der Waals surface area contributed by atoms with Crippen LogP contribution in [0, 0.1) is 20.8 Å². The largest absolute Gasteiger partial charge is 0.335 e. The first-order chi connectivity index (χ1) is 13.0. The number of fused-ring (bicyclic) bond motifs is 1. The molecule has 0 bridgehead atoms. The minimum Gasteiger partial charge on any atom is -0.335 e. The Bertz CT molecular complexity index is 1160. The number of carbonyl (C=O) groups excluding carboxylic acids is 1. The van der Waals surface area contributed by atoms with E-state index in [0.29, 0.717) is 33.2 Å². The zero-order chi connectivity index (χ0) is 19.1. The average Bonchev–Trinajstić information content (AvgIpc) is 3.33. The molecule has 0 aliphatic carbocycles. The fraction of sp³-hybridized carbons (Fsp3) is 0.222. The maximum absolute atomic E-state index is 13.0. The van der Waals surface area contributed by atoms with E-state index in [9.17, 15) is 4.79 Å². The van der Waals surface area contributed by atoms with E-state index in [4.69, 9.17) is 4.52 Å². The second-order valence-electron chi connectivity index (χ2n) is 5.96. The third kappa shape index (κ3) is 3.38. The van der Waals surface area contributed by atoms with Crippen molar-refractivity contribution < 1.29 is 9.32 Å². The molecule has 1 amide bonds. The lowest BCUT2D eigenvalue weighted by Gasteiger charge is -2.05. The van der Waals surface area contributed by atoms with Gasteiger partial charge in [-0.3, -0.25) is 10.1 Å². The molecule has 4 heterocycles. The van der Waals surface area contributed by atoms with Crippen LogP contribution in [-0.4, -0.2) is 27.3 Å². The summed E-state index contributed by atoms with van der Waals surface area (Å²) in [6.07, 6.45) is 1.99. The minimum atomic E-state index is -0.246. The quantitative estimate of drug-likeness (QED) is 0.454. The van der Waals surface area contributed by atoms with E-state index in [0.717, 1.165) is 14.8 Å². The van der Waals surface area contributed by atoms with Gasteiger partial charge in [0.15, 0.2) is 5.13 Å². The van der Waals surface area contributed by atoms with Crippen LogP contribution in [0.4, 0.5) is 5.13 Å². The number of pyridine rings is 1. The van der Waals surface area contributed by atoms with Gasteiger partial charge in [-0.05, 0) is 45.2 Å². The van der Waals surface area contributed by atoms with Crippen molar-refractivity contribution in [3.05, 3.63) is 40.0 Å². The molecule has 27 heavy (non-hydrogen) atoms. The number of thiazole rings is 1. The number of aromatic nitrogens is 3. The van der Waals surface area contributed by atoms with Gasteiger partial charge in [0.25, 0.3) is 11.6 Å². The van der Waals surface area contributed by atoms with Gasteiger partial charge in [0.1, 0.15) is 0 Å². The molecule has 0 aliphatic heterocycles. The molecule has 0 unspecified atom stereocenters. The summed E-state index contributed by atoms with van der Waals surface area (Å²) >= 11 is 4.70. The Hall–Kier alpha value is -2.23. The van der Waals surface area contributed by atoms with Crippen molar-refractivity contribution in [2.75, 3.05) is 11.6 Å². The fourth-order valence-corrected chi connectivity index (χ4v) is 5.20. The van der Waals surface area contributed by atoms with Crippen molar-refractivity contribution >= 4 is 56.6 Å². The van der Waals surface area contributed by atoms with Gasteiger partial charge in [-0.1, -0.05) is 16.5 Å². The number of amides is 1. The molecule has 6 nitrogen and oxygen atoms in total. The molecule has 0 aromatic carbocycles. The number of carbonyl (C=O) groups is 1. The molecule has 9 heteroatoms. The van der Waals surface area contributed by atoms with E-state index in [1.807, 2.05) is 32.2 Å². The van der Waals surface area contributed by atoms with Gasteiger partial charge in [0.05, 0.1) is 37.1 Å². The molecule has 0 saturated carbocycles. The predicted octanol–water partition coefficient (Wildman–Crippen LogP) is 5.31. The highest BCUT2D eigenvalue weighted by molar-refractivity contribution is 8.00. The van der Waals surface area contributed by atoms with E-state index >= 15 is 0 Å². The molecule has 138 valence electrons. The van der Waals surface area contributed by atoms with E-state index in [2.05, 4.69) is 20.4 Å². The first kappa shape index (κ1) is 18.1. The fourth-order valence-electron chi connectivity index (χ4n) is 2.76. The number of aryl methyl sites for hydroxylation is 3. The number of hydrogen-bond acceptors (Lipinski definition) is 8. The molecule has 0 fully saturated rings. The highest BCUT2D eigenvalue weighted by Crippen LogP contribution is 2.33. The monoisotopic (exact) mass is 416 g/mol. The van der Waals surface area contributed by atoms with Gasteiger partial charge < -0.3 is 4.52 Å². The third-order valence-electron chi connectivity index (χ3n) is 4.01. The van der Waals surface area contributed by atoms with E-state index in [-0.39, 0.29) is 5.91 Å². The second-order valence-corrected chi connectivity index (χ2v) is 9.33. The number of nitrogens with one attached hydrogen (secondary N) is 1. The van der Waals surface area contributed by atoms with Crippen LogP contribution in [0.15, 0.2) is 26.9 Å². The molecule has 0 aliphatic rings. The lowest BCUT2D eigenvalue weighted by Crippen LogP contribution is -2.13. The normalized spacial score (nSPS) is 11.3. The number of anilines is 1. The SMILES string of the molecule is CSc1sc(NC(=O)c2cc(-c3ccc(C)s3)nc3onc(C)c23)nc1C. The van der Waals surface area contributed by atoms with Gasteiger partial charge >= 0.3 is 0 Å². The summed E-state index contributed by atoms with van der Waals surface area (Å²) in [4.78, 5) is 24.2. The van der Waals surface area contributed by atoms with Crippen LogP contribution in [0.1, 0.15) is 26.6 Å². The number of thioether (sulfide) groups is 1. The molecule has 1 N–H and O–H groups in total. The van der Waals surface area contributed by atoms with E-state index in [1.165, 1.54) is 16.2 Å². The first-order valence-corrected chi connectivity index (χ1v) is 11.0. The smallest absolute Gasteiger partial charge is 0.259 e. The van der Waals surface area contributed by atoms with E-state index in [1.54, 1.807) is 36.1 Å². The summed E-state index contributed by atoms with van der Waals surface area (Å²) < 4.78 is 6.43. The lowest BCUT2D eigenvalue weighted by molar-refractivity contribution is 0.102. The van der Waals surface area contributed by atoms with Crippen LogP contribution in [0.3, 0.4) is 0 Å².